The summed E-state index contributed by atoms with van der Waals surface area (Å²) in [4.78, 5) is 1.02. The first-order chi connectivity index (χ1) is 8.69. The number of hydrogen-bond acceptors (Lipinski definition) is 4. The summed E-state index contributed by atoms with van der Waals surface area (Å²) in [6, 6.07) is 7.71. The van der Waals surface area contributed by atoms with Crippen LogP contribution in [-0.4, -0.2) is 21.1 Å². The second-order valence-corrected chi connectivity index (χ2v) is 5.88. The van der Waals surface area contributed by atoms with Crippen LogP contribution in [0.25, 0.3) is 15.5 Å². The number of rotatable bonds is 2. The molecule has 0 amide bonds. The van der Waals surface area contributed by atoms with E-state index in [2.05, 4.69) is 10.2 Å². The van der Waals surface area contributed by atoms with Crippen LogP contribution in [0.2, 0.25) is 5.02 Å². The van der Waals surface area contributed by atoms with Crippen LogP contribution >= 0.6 is 34.7 Å². The van der Waals surface area contributed by atoms with Crippen molar-refractivity contribution < 1.29 is 4.52 Å². The van der Waals surface area contributed by atoms with Crippen LogP contribution in [-0.2, 0) is 7.05 Å². The van der Waals surface area contributed by atoms with E-state index in [4.69, 9.17) is 11.6 Å². The molecule has 0 spiro atoms. The van der Waals surface area contributed by atoms with Gasteiger partial charge in [0, 0.05) is 10.6 Å². The molecule has 4 nitrogen and oxygen atoms in total. The highest BCUT2D eigenvalue weighted by Crippen LogP contribution is 2.25. The number of aromatic nitrogens is 4. The SMILES string of the molecule is CSc1nn(C)c2sc(-c3ccc(Cl)cc3)n[n+]12. The minimum Gasteiger partial charge on any atom is -0.0985 e. The van der Waals surface area contributed by atoms with Gasteiger partial charge in [0.1, 0.15) is 0 Å². The van der Waals surface area contributed by atoms with Gasteiger partial charge in [-0.1, -0.05) is 49.8 Å². The lowest BCUT2D eigenvalue weighted by Crippen LogP contribution is -2.23. The Morgan fingerprint density at radius 3 is 2.72 bits per heavy atom. The molecule has 92 valence electrons. The van der Waals surface area contributed by atoms with E-state index in [0.29, 0.717) is 0 Å². The highest BCUT2D eigenvalue weighted by atomic mass is 35.5. The molecule has 0 saturated heterocycles. The molecule has 0 aliphatic heterocycles. The Bertz CT molecular complexity index is 702. The molecule has 7 heteroatoms. The third-order valence-corrected chi connectivity index (χ3v) is 4.53. The molecule has 3 aromatic rings. The smallest absolute Gasteiger partial charge is 0.0985 e. The van der Waals surface area contributed by atoms with Gasteiger partial charge in [0.2, 0.25) is 0 Å². The minimum atomic E-state index is 0.735. The Morgan fingerprint density at radius 1 is 1.33 bits per heavy atom. The molecule has 2 aromatic heterocycles. The lowest BCUT2D eigenvalue weighted by molar-refractivity contribution is -0.616. The van der Waals surface area contributed by atoms with E-state index in [9.17, 15) is 0 Å². The topological polar surface area (TPSA) is 34.8 Å². The molecule has 0 N–H and O–H groups in total. The van der Waals surface area contributed by atoms with Gasteiger partial charge in [-0.15, -0.1) is 0 Å². The van der Waals surface area contributed by atoms with Crippen LogP contribution in [0, 0.1) is 0 Å². The fraction of sp³-hybridized carbons (Fsp3) is 0.182. The Morgan fingerprint density at radius 2 is 2.06 bits per heavy atom. The van der Waals surface area contributed by atoms with E-state index < -0.39 is 0 Å². The molecule has 0 atom stereocenters. The van der Waals surface area contributed by atoms with Crippen molar-refractivity contribution in [3.8, 4) is 10.6 Å². The number of nitrogens with zero attached hydrogens (tertiary/aromatic N) is 4. The summed E-state index contributed by atoms with van der Waals surface area (Å²) in [6.45, 7) is 0. The van der Waals surface area contributed by atoms with Crippen LogP contribution in [0.15, 0.2) is 29.4 Å². The quantitative estimate of drug-likeness (QED) is 0.539. The number of benzene rings is 1. The van der Waals surface area contributed by atoms with Crippen molar-refractivity contribution in [2.75, 3.05) is 6.26 Å². The van der Waals surface area contributed by atoms with Gasteiger partial charge in [-0.2, -0.15) is 0 Å². The van der Waals surface area contributed by atoms with Gasteiger partial charge in [-0.3, -0.25) is 0 Å². The predicted octanol–water partition coefficient (Wildman–Crippen LogP) is 2.66. The van der Waals surface area contributed by atoms with Crippen LogP contribution in [0.5, 0.6) is 0 Å². The van der Waals surface area contributed by atoms with Gasteiger partial charge in [0.25, 0.3) is 0 Å². The summed E-state index contributed by atoms with van der Waals surface area (Å²) in [5, 5.41) is 11.6. The van der Waals surface area contributed by atoms with Crippen molar-refractivity contribution in [2.24, 2.45) is 7.05 Å². The lowest BCUT2D eigenvalue weighted by atomic mass is 10.2. The third kappa shape index (κ3) is 1.90. The zero-order valence-corrected chi connectivity index (χ0v) is 12.2. The molecule has 0 radical (unpaired) electrons. The largest absolute Gasteiger partial charge is 0.361 e. The van der Waals surface area contributed by atoms with Gasteiger partial charge in [-0.25, -0.2) is 0 Å². The lowest BCUT2D eigenvalue weighted by Gasteiger charge is -1.93. The maximum Gasteiger partial charge on any atom is 0.361 e. The van der Waals surface area contributed by atoms with E-state index in [1.807, 2.05) is 46.8 Å². The standard InChI is InChI=1S/C11H10ClN4S2/c1-15-11-16(10(14-15)17-2)13-9(18-11)7-3-5-8(12)6-4-7/h3-6H,1-2H3/q+1. The number of aryl methyl sites for hydroxylation is 1. The van der Waals surface area contributed by atoms with Gasteiger partial charge >= 0.3 is 10.1 Å². The monoisotopic (exact) mass is 297 g/mol. The fourth-order valence-corrected chi connectivity index (χ4v) is 3.29. The van der Waals surface area contributed by atoms with Crippen LogP contribution in [0.3, 0.4) is 0 Å². The van der Waals surface area contributed by atoms with Gasteiger partial charge < -0.3 is 0 Å². The highest BCUT2D eigenvalue weighted by molar-refractivity contribution is 7.98. The van der Waals surface area contributed by atoms with E-state index in [1.54, 1.807) is 23.1 Å². The molecule has 1 aromatic carbocycles. The molecule has 0 unspecified atom stereocenters. The van der Waals surface area contributed by atoms with Gasteiger partial charge in [0.05, 0.1) is 12.1 Å². The van der Waals surface area contributed by atoms with Gasteiger partial charge in [0.15, 0.2) is 5.01 Å². The molecular weight excluding hydrogens is 288 g/mol. The molecule has 0 aliphatic rings. The number of halogens is 1. The number of fused-ring (bicyclic) bond motifs is 1. The van der Waals surface area contributed by atoms with E-state index in [-0.39, 0.29) is 0 Å². The normalized spacial score (nSPS) is 11.3. The first-order valence-corrected chi connectivity index (χ1v) is 7.67. The molecule has 2 heterocycles. The molecule has 0 fully saturated rings. The zero-order chi connectivity index (χ0) is 12.7. The molecule has 0 aliphatic carbocycles. The second-order valence-electron chi connectivity index (χ2n) is 3.72. The molecular formula is C11H10ClN4S2+. The van der Waals surface area contributed by atoms with Crippen molar-refractivity contribution in [1.82, 2.24) is 14.9 Å². The summed E-state index contributed by atoms with van der Waals surface area (Å²) < 4.78 is 3.72. The average Bonchev–Trinajstić information content (AvgIpc) is 2.91. The molecule has 18 heavy (non-hydrogen) atoms. The highest BCUT2D eigenvalue weighted by Gasteiger charge is 2.22. The van der Waals surface area contributed by atoms with Crippen LogP contribution < -0.4 is 4.52 Å². The zero-order valence-electron chi connectivity index (χ0n) is 9.79. The van der Waals surface area contributed by atoms with E-state index >= 15 is 0 Å². The summed E-state index contributed by atoms with van der Waals surface area (Å²) in [5.74, 6) is 0. The minimum absolute atomic E-state index is 0.735. The first kappa shape index (κ1) is 12.0. The Kier molecular flexibility index (Phi) is 3.01. The maximum absolute atomic E-state index is 5.89. The molecule has 3 rings (SSSR count). The average molecular weight is 298 g/mol. The van der Waals surface area contributed by atoms with Crippen molar-refractivity contribution >= 4 is 39.7 Å². The fourth-order valence-electron chi connectivity index (χ4n) is 1.66. The van der Waals surface area contributed by atoms with Crippen molar-refractivity contribution in [3.05, 3.63) is 29.3 Å². The first-order valence-electron chi connectivity index (χ1n) is 5.25. The van der Waals surface area contributed by atoms with Crippen molar-refractivity contribution in [2.45, 2.75) is 5.16 Å². The summed E-state index contributed by atoms with van der Waals surface area (Å²) in [6.07, 6.45) is 2.00. The number of hydrogen-bond donors (Lipinski definition) is 0. The third-order valence-electron chi connectivity index (χ3n) is 2.53. The van der Waals surface area contributed by atoms with Gasteiger partial charge in [-0.05, 0) is 29.7 Å². The Labute approximate surface area is 117 Å². The van der Waals surface area contributed by atoms with E-state index in [1.165, 1.54) is 0 Å². The number of thioether (sulfide) groups is 1. The Hall–Kier alpha value is -1.11. The summed E-state index contributed by atoms with van der Waals surface area (Å²) in [5.41, 5.74) is 1.07. The Balaban J connectivity index is 2.16. The maximum atomic E-state index is 5.89. The summed E-state index contributed by atoms with van der Waals surface area (Å²) >= 11 is 9.09. The van der Waals surface area contributed by atoms with Crippen LogP contribution in [0.4, 0.5) is 0 Å². The second kappa shape index (κ2) is 4.53. The molecule has 0 bridgehead atoms. The van der Waals surface area contributed by atoms with Crippen molar-refractivity contribution in [3.63, 3.8) is 0 Å². The molecule has 0 saturated carbocycles. The summed E-state index contributed by atoms with van der Waals surface area (Å²) in [7, 11) is 1.93. The predicted molar refractivity (Wildman–Crippen MR) is 74.3 cm³/mol. The van der Waals surface area contributed by atoms with E-state index in [0.717, 1.165) is 25.7 Å². The van der Waals surface area contributed by atoms with Crippen LogP contribution in [0.1, 0.15) is 0 Å². The van der Waals surface area contributed by atoms with Crippen molar-refractivity contribution in [1.29, 1.82) is 0 Å².